The molecule has 7 heteroatoms. The molecule has 0 amide bonds. The molecule has 0 fully saturated rings. The maximum absolute atomic E-state index is 9.55. The summed E-state index contributed by atoms with van der Waals surface area (Å²) in [5.74, 6) is 0.943. The van der Waals surface area contributed by atoms with Gasteiger partial charge in [-0.2, -0.15) is 0 Å². The Morgan fingerprint density at radius 3 is 2.13 bits per heavy atom. The van der Waals surface area contributed by atoms with E-state index in [0.29, 0.717) is 23.0 Å². The number of phenols is 2. The molecule has 0 unspecified atom stereocenters. The van der Waals surface area contributed by atoms with Gasteiger partial charge in [0.25, 0.3) is 0 Å². The highest BCUT2D eigenvalue weighted by molar-refractivity contribution is 7.80. The Balaban J connectivity index is 1.61. The molecule has 4 N–H and O–H groups in total. The Morgan fingerprint density at radius 1 is 0.806 bits per heavy atom. The van der Waals surface area contributed by atoms with Crippen molar-refractivity contribution in [3.63, 3.8) is 0 Å². The molecular weight excluding hydrogens is 408 g/mol. The SMILES string of the molecule is Oc1ccc(NC(=S)Nc2ncc(-c3ccc(O)cc3)nc2Cc2ccccc2)cc1. The topological polar surface area (TPSA) is 90.3 Å². The zero-order chi connectivity index (χ0) is 21.6. The number of nitrogens with one attached hydrogen (secondary N) is 2. The maximum atomic E-state index is 9.55. The van der Waals surface area contributed by atoms with Crippen molar-refractivity contribution < 1.29 is 10.2 Å². The van der Waals surface area contributed by atoms with E-state index in [-0.39, 0.29) is 11.5 Å². The van der Waals surface area contributed by atoms with Crippen molar-refractivity contribution in [2.45, 2.75) is 6.42 Å². The van der Waals surface area contributed by atoms with Crippen LogP contribution in [-0.4, -0.2) is 25.3 Å². The summed E-state index contributed by atoms with van der Waals surface area (Å²) in [7, 11) is 0. The standard InChI is InChI=1S/C24H20N4O2S/c29-19-10-6-17(7-11-19)22-15-25-23(21(27-22)14-16-4-2-1-3-5-16)28-24(31)26-18-8-12-20(30)13-9-18/h1-13,15,29-30H,14H2,(H2,25,26,28,31). The van der Waals surface area contributed by atoms with E-state index in [2.05, 4.69) is 15.6 Å². The average Bonchev–Trinajstić information content (AvgIpc) is 2.78. The van der Waals surface area contributed by atoms with Gasteiger partial charge in [0.1, 0.15) is 11.5 Å². The highest BCUT2D eigenvalue weighted by atomic mass is 32.1. The van der Waals surface area contributed by atoms with E-state index < -0.39 is 0 Å². The van der Waals surface area contributed by atoms with Crippen molar-refractivity contribution >= 4 is 28.8 Å². The third-order valence-corrected chi connectivity index (χ3v) is 4.78. The van der Waals surface area contributed by atoms with E-state index in [1.165, 1.54) is 0 Å². The predicted octanol–water partition coefficient (Wildman–Crippen LogP) is 4.95. The molecule has 6 nitrogen and oxygen atoms in total. The van der Waals surface area contributed by atoms with Crippen LogP contribution in [0.15, 0.2) is 85.1 Å². The molecule has 3 aromatic carbocycles. The normalized spacial score (nSPS) is 10.5. The molecule has 0 saturated heterocycles. The first-order valence-electron chi connectivity index (χ1n) is 9.63. The van der Waals surface area contributed by atoms with Crippen LogP contribution in [0.2, 0.25) is 0 Å². The van der Waals surface area contributed by atoms with Gasteiger partial charge in [0.2, 0.25) is 0 Å². The van der Waals surface area contributed by atoms with Crippen LogP contribution in [0.25, 0.3) is 11.3 Å². The molecule has 1 heterocycles. The minimum atomic E-state index is 0.185. The molecule has 0 aliphatic heterocycles. The minimum absolute atomic E-state index is 0.185. The molecule has 0 radical (unpaired) electrons. The monoisotopic (exact) mass is 428 g/mol. The fourth-order valence-electron chi connectivity index (χ4n) is 3.03. The molecule has 0 atom stereocenters. The summed E-state index contributed by atoms with van der Waals surface area (Å²) in [4.78, 5) is 9.38. The molecule has 0 saturated carbocycles. The van der Waals surface area contributed by atoms with E-state index in [9.17, 15) is 10.2 Å². The Labute approximate surface area is 185 Å². The number of anilines is 2. The molecule has 0 aliphatic carbocycles. The van der Waals surface area contributed by atoms with Gasteiger partial charge in [-0.25, -0.2) is 9.97 Å². The van der Waals surface area contributed by atoms with Crippen molar-refractivity contribution in [1.29, 1.82) is 0 Å². The van der Waals surface area contributed by atoms with E-state index in [1.807, 2.05) is 30.3 Å². The van der Waals surface area contributed by atoms with Crippen LogP contribution < -0.4 is 10.6 Å². The van der Waals surface area contributed by atoms with Crippen LogP contribution in [0.4, 0.5) is 11.5 Å². The molecule has 154 valence electrons. The van der Waals surface area contributed by atoms with Gasteiger partial charge in [0.15, 0.2) is 10.9 Å². The van der Waals surface area contributed by atoms with Gasteiger partial charge in [0, 0.05) is 17.7 Å². The molecule has 1 aromatic heterocycles. The van der Waals surface area contributed by atoms with Crippen LogP contribution in [0, 0.1) is 0 Å². The Hall–Kier alpha value is -3.97. The van der Waals surface area contributed by atoms with Crippen LogP contribution in [0.1, 0.15) is 11.3 Å². The molecule has 0 aliphatic rings. The van der Waals surface area contributed by atoms with Gasteiger partial charge < -0.3 is 20.8 Å². The van der Waals surface area contributed by atoms with Gasteiger partial charge in [-0.1, -0.05) is 30.3 Å². The second-order valence-electron chi connectivity index (χ2n) is 6.89. The Bertz CT molecular complexity index is 1180. The van der Waals surface area contributed by atoms with Gasteiger partial charge >= 0.3 is 0 Å². The lowest BCUT2D eigenvalue weighted by molar-refractivity contribution is 0.475. The summed E-state index contributed by atoms with van der Waals surface area (Å²) < 4.78 is 0. The van der Waals surface area contributed by atoms with Crippen molar-refractivity contribution in [3.8, 4) is 22.8 Å². The first-order chi connectivity index (χ1) is 15.1. The van der Waals surface area contributed by atoms with Gasteiger partial charge in [-0.05, 0) is 66.3 Å². The Morgan fingerprint density at radius 2 is 1.45 bits per heavy atom. The fourth-order valence-corrected chi connectivity index (χ4v) is 3.24. The van der Waals surface area contributed by atoms with Crippen LogP contribution in [0.3, 0.4) is 0 Å². The summed E-state index contributed by atoms with van der Waals surface area (Å²) in [6.07, 6.45) is 2.25. The summed E-state index contributed by atoms with van der Waals surface area (Å²) in [6.45, 7) is 0. The first-order valence-corrected chi connectivity index (χ1v) is 10.0. The van der Waals surface area contributed by atoms with E-state index in [0.717, 1.165) is 22.5 Å². The van der Waals surface area contributed by atoms with E-state index in [1.54, 1.807) is 54.7 Å². The van der Waals surface area contributed by atoms with Crippen molar-refractivity contribution in [2.24, 2.45) is 0 Å². The van der Waals surface area contributed by atoms with Crippen LogP contribution >= 0.6 is 12.2 Å². The Kier molecular flexibility index (Phi) is 6.05. The molecule has 4 rings (SSSR count). The van der Waals surface area contributed by atoms with Gasteiger partial charge in [-0.15, -0.1) is 0 Å². The maximum Gasteiger partial charge on any atom is 0.176 e. The molecular formula is C24H20N4O2S. The number of aromatic hydroxyl groups is 2. The van der Waals surface area contributed by atoms with Crippen LogP contribution in [-0.2, 0) is 6.42 Å². The van der Waals surface area contributed by atoms with Crippen molar-refractivity contribution in [2.75, 3.05) is 10.6 Å². The number of hydrogen-bond acceptors (Lipinski definition) is 5. The first kappa shape index (κ1) is 20.3. The summed E-state index contributed by atoms with van der Waals surface area (Å²) in [5, 5.41) is 25.5. The zero-order valence-corrected chi connectivity index (χ0v) is 17.3. The zero-order valence-electron chi connectivity index (χ0n) is 16.5. The lowest BCUT2D eigenvalue weighted by Crippen LogP contribution is -2.21. The quantitative estimate of drug-likeness (QED) is 0.264. The minimum Gasteiger partial charge on any atom is -0.508 e. The number of rotatable bonds is 5. The number of thiocarbonyl (C=S) groups is 1. The smallest absolute Gasteiger partial charge is 0.176 e. The second kappa shape index (κ2) is 9.23. The highest BCUT2D eigenvalue weighted by Crippen LogP contribution is 2.24. The number of hydrogen-bond donors (Lipinski definition) is 4. The molecule has 0 bridgehead atoms. The third kappa shape index (κ3) is 5.34. The van der Waals surface area contributed by atoms with E-state index in [4.69, 9.17) is 17.2 Å². The largest absolute Gasteiger partial charge is 0.508 e. The lowest BCUT2D eigenvalue weighted by atomic mass is 10.1. The fraction of sp³-hybridized carbons (Fsp3) is 0.0417. The average molecular weight is 429 g/mol. The summed E-state index contributed by atoms with van der Waals surface area (Å²) in [6, 6.07) is 23.5. The van der Waals surface area contributed by atoms with E-state index >= 15 is 0 Å². The molecule has 0 spiro atoms. The predicted molar refractivity (Wildman–Crippen MR) is 126 cm³/mol. The number of nitrogens with zero attached hydrogens (tertiary/aromatic N) is 2. The summed E-state index contributed by atoms with van der Waals surface area (Å²) >= 11 is 5.44. The lowest BCUT2D eigenvalue weighted by Gasteiger charge is -2.14. The van der Waals surface area contributed by atoms with Crippen molar-refractivity contribution in [3.05, 3.63) is 96.3 Å². The molecule has 4 aromatic rings. The highest BCUT2D eigenvalue weighted by Gasteiger charge is 2.12. The molecule has 31 heavy (non-hydrogen) atoms. The van der Waals surface area contributed by atoms with Gasteiger partial charge in [0.05, 0.1) is 17.6 Å². The second-order valence-corrected chi connectivity index (χ2v) is 7.29. The number of phenolic OH excluding ortho intramolecular Hbond substituents is 2. The van der Waals surface area contributed by atoms with Crippen LogP contribution in [0.5, 0.6) is 11.5 Å². The van der Waals surface area contributed by atoms with Gasteiger partial charge in [-0.3, -0.25) is 0 Å². The third-order valence-electron chi connectivity index (χ3n) is 4.58. The number of benzene rings is 3. The summed E-state index contributed by atoms with van der Waals surface area (Å²) in [5.41, 5.74) is 4.14. The van der Waals surface area contributed by atoms with Crippen molar-refractivity contribution in [1.82, 2.24) is 9.97 Å². The number of aromatic nitrogens is 2.